The van der Waals surface area contributed by atoms with Gasteiger partial charge in [-0.05, 0) is 53.2 Å². The Morgan fingerprint density at radius 2 is 1.90 bits per heavy atom. The van der Waals surface area contributed by atoms with Crippen molar-refractivity contribution in [2.45, 2.75) is 13.5 Å². The molecule has 2 N–H and O–H groups in total. The van der Waals surface area contributed by atoms with Gasteiger partial charge >= 0.3 is 5.97 Å². The van der Waals surface area contributed by atoms with E-state index in [1.54, 1.807) is 36.4 Å². The third-order valence-corrected chi connectivity index (χ3v) is 4.88. The maximum Gasteiger partial charge on any atom is 0.335 e. The van der Waals surface area contributed by atoms with Crippen LogP contribution < -0.4 is 14.8 Å². The van der Waals surface area contributed by atoms with Gasteiger partial charge in [0.15, 0.2) is 16.7 Å². The maximum absolute atomic E-state index is 12.0. The number of benzene rings is 2. The molecule has 1 heterocycles. The molecule has 9 heteroatoms. The highest BCUT2D eigenvalue weighted by atomic mass is 32.2. The predicted octanol–water partition coefficient (Wildman–Crippen LogP) is 3.08. The van der Waals surface area contributed by atoms with Gasteiger partial charge in [-0.15, -0.1) is 0 Å². The number of carboxylic acids is 1. The largest absolute Gasteiger partial charge is 0.493 e. The van der Waals surface area contributed by atoms with Crippen molar-refractivity contribution in [2.75, 3.05) is 7.11 Å². The van der Waals surface area contributed by atoms with Crippen LogP contribution in [0.1, 0.15) is 28.4 Å². The number of carbonyl (C=O) groups excluding carboxylic acids is 2. The van der Waals surface area contributed by atoms with E-state index in [0.29, 0.717) is 22.0 Å². The zero-order chi connectivity index (χ0) is 21.7. The molecule has 30 heavy (non-hydrogen) atoms. The van der Waals surface area contributed by atoms with Crippen molar-refractivity contribution >= 4 is 40.8 Å². The van der Waals surface area contributed by atoms with E-state index < -0.39 is 11.9 Å². The van der Waals surface area contributed by atoms with E-state index in [9.17, 15) is 14.4 Å². The Hall–Kier alpha value is -3.59. The van der Waals surface area contributed by atoms with E-state index in [-0.39, 0.29) is 23.2 Å². The number of aliphatic imine (C=N–C) groups is 1. The summed E-state index contributed by atoms with van der Waals surface area (Å²) < 4.78 is 11.2. The number of hydrogen-bond acceptors (Lipinski definition) is 6. The summed E-state index contributed by atoms with van der Waals surface area (Å²) in [6.45, 7) is 1.58. The van der Waals surface area contributed by atoms with Crippen LogP contribution in [-0.4, -0.2) is 35.2 Å². The van der Waals surface area contributed by atoms with Crippen LogP contribution in [0.25, 0.3) is 6.08 Å². The molecule has 0 atom stereocenters. The molecule has 1 aliphatic heterocycles. The number of amidine groups is 1. The number of carbonyl (C=O) groups is 3. The van der Waals surface area contributed by atoms with Gasteiger partial charge in [-0.3, -0.25) is 9.59 Å². The number of aromatic carboxylic acids is 1. The summed E-state index contributed by atoms with van der Waals surface area (Å²) in [5.74, 6) is -0.723. The van der Waals surface area contributed by atoms with Crippen molar-refractivity contribution in [3.8, 4) is 11.5 Å². The van der Waals surface area contributed by atoms with Gasteiger partial charge in [0.25, 0.3) is 5.91 Å². The lowest BCUT2D eigenvalue weighted by Crippen LogP contribution is -2.23. The first-order valence-electron chi connectivity index (χ1n) is 8.79. The van der Waals surface area contributed by atoms with Crippen LogP contribution in [0.3, 0.4) is 0 Å². The van der Waals surface area contributed by atoms with Crippen molar-refractivity contribution in [3.63, 3.8) is 0 Å². The molecule has 0 radical (unpaired) electrons. The highest BCUT2D eigenvalue weighted by Gasteiger charge is 2.22. The molecule has 2 aromatic rings. The molecule has 0 saturated heterocycles. The summed E-state index contributed by atoms with van der Waals surface area (Å²) in [6, 6.07) is 11.6. The minimum absolute atomic E-state index is 0.207. The molecular weight excluding hydrogens is 408 g/mol. The molecule has 1 aliphatic rings. The Balaban J connectivity index is 1.70. The molecule has 0 bridgehead atoms. The number of nitrogens with zero attached hydrogens (tertiary/aromatic N) is 1. The Bertz CT molecular complexity index is 1060. The third kappa shape index (κ3) is 5.26. The SMILES string of the molecule is COc1cc(C=C2SC(NC(C)=O)=NC2=O)ccc1OCc1ccc(C(=O)O)cc1. The standard InChI is InChI=1S/C21H18N2O6S/c1-12(24)22-21-23-19(25)18(30-21)10-14-5-8-16(17(9-14)28-2)29-11-13-3-6-15(7-4-13)20(26)27/h3-10H,11H2,1-2H3,(H,26,27)(H,22,23,24,25). The van der Waals surface area contributed by atoms with E-state index >= 15 is 0 Å². The second-order valence-corrected chi connectivity index (χ2v) is 7.25. The van der Waals surface area contributed by atoms with E-state index in [1.165, 1.54) is 26.2 Å². The lowest BCUT2D eigenvalue weighted by Gasteiger charge is -2.12. The molecule has 0 spiro atoms. The monoisotopic (exact) mass is 426 g/mol. The molecule has 0 aliphatic carbocycles. The third-order valence-electron chi connectivity index (χ3n) is 3.98. The molecular formula is C21H18N2O6S. The van der Waals surface area contributed by atoms with E-state index in [1.807, 2.05) is 0 Å². The number of rotatable bonds is 6. The fourth-order valence-electron chi connectivity index (χ4n) is 2.56. The van der Waals surface area contributed by atoms with Gasteiger partial charge in [0.1, 0.15) is 6.61 Å². The summed E-state index contributed by atoms with van der Waals surface area (Å²) >= 11 is 1.09. The predicted molar refractivity (Wildman–Crippen MR) is 113 cm³/mol. The summed E-state index contributed by atoms with van der Waals surface area (Å²) in [4.78, 5) is 38.2. The van der Waals surface area contributed by atoms with Crippen LogP contribution in [-0.2, 0) is 16.2 Å². The summed E-state index contributed by atoms with van der Waals surface area (Å²) in [5.41, 5.74) is 1.72. The minimum atomic E-state index is -0.984. The van der Waals surface area contributed by atoms with Gasteiger partial charge in [0.2, 0.25) is 5.91 Å². The summed E-state index contributed by atoms with van der Waals surface area (Å²) in [6.07, 6.45) is 1.66. The first-order chi connectivity index (χ1) is 14.4. The van der Waals surface area contributed by atoms with Gasteiger partial charge in [-0.2, -0.15) is 4.99 Å². The molecule has 3 rings (SSSR count). The van der Waals surface area contributed by atoms with Crippen LogP contribution in [0.5, 0.6) is 11.5 Å². The van der Waals surface area contributed by atoms with Gasteiger partial charge < -0.3 is 19.9 Å². The first kappa shape index (κ1) is 21.1. The fourth-order valence-corrected chi connectivity index (χ4v) is 3.42. The first-order valence-corrected chi connectivity index (χ1v) is 9.60. The number of carboxylic acid groups (broad SMARTS) is 1. The fraction of sp³-hybridized carbons (Fsp3) is 0.143. The van der Waals surface area contributed by atoms with Crippen molar-refractivity contribution in [2.24, 2.45) is 4.99 Å². The molecule has 0 aromatic heterocycles. The highest BCUT2D eigenvalue weighted by molar-refractivity contribution is 8.18. The van der Waals surface area contributed by atoms with Gasteiger partial charge in [-0.25, -0.2) is 4.79 Å². The quantitative estimate of drug-likeness (QED) is 0.682. The molecule has 2 aromatic carbocycles. The number of hydrogen-bond donors (Lipinski definition) is 2. The van der Waals surface area contributed by atoms with Crippen molar-refractivity contribution < 1.29 is 29.0 Å². The molecule has 154 valence electrons. The summed E-state index contributed by atoms with van der Waals surface area (Å²) in [5, 5.41) is 11.7. The lowest BCUT2D eigenvalue weighted by atomic mass is 10.1. The van der Waals surface area contributed by atoms with Gasteiger partial charge in [0.05, 0.1) is 17.6 Å². The zero-order valence-corrected chi connectivity index (χ0v) is 17.0. The molecule has 2 amide bonds. The maximum atomic E-state index is 12.0. The topological polar surface area (TPSA) is 114 Å². The molecule has 8 nitrogen and oxygen atoms in total. The van der Waals surface area contributed by atoms with Crippen LogP contribution >= 0.6 is 11.8 Å². The second-order valence-electron chi connectivity index (χ2n) is 6.21. The van der Waals surface area contributed by atoms with Crippen LogP contribution in [0.15, 0.2) is 52.4 Å². The van der Waals surface area contributed by atoms with Crippen LogP contribution in [0.2, 0.25) is 0 Å². The Labute approximate surface area is 176 Å². The van der Waals surface area contributed by atoms with Crippen LogP contribution in [0.4, 0.5) is 0 Å². The zero-order valence-electron chi connectivity index (χ0n) is 16.2. The average Bonchev–Trinajstić information content (AvgIpc) is 3.05. The van der Waals surface area contributed by atoms with Crippen LogP contribution in [0, 0.1) is 0 Å². The summed E-state index contributed by atoms with van der Waals surface area (Å²) in [7, 11) is 1.51. The number of methoxy groups -OCH3 is 1. The number of thioether (sulfide) groups is 1. The number of amides is 2. The van der Waals surface area contributed by atoms with E-state index in [0.717, 1.165) is 17.3 Å². The lowest BCUT2D eigenvalue weighted by molar-refractivity contribution is -0.117. The minimum Gasteiger partial charge on any atom is -0.493 e. The molecule has 0 fully saturated rings. The Morgan fingerprint density at radius 3 is 2.53 bits per heavy atom. The van der Waals surface area contributed by atoms with Crippen molar-refractivity contribution in [1.29, 1.82) is 0 Å². The smallest absolute Gasteiger partial charge is 0.335 e. The average molecular weight is 426 g/mol. The van der Waals surface area contributed by atoms with Crippen molar-refractivity contribution in [1.82, 2.24) is 5.32 Å². The van der Waals surface area contributed by atoms with Gasteiger partial charge in [-0.1, -0.05) is 18.2 Å². The van der Waals surface area contributed by atoms with Crippen molar-refractivity contribution in [3.05, 3.63) is 64.1 Å². The molecule has 0 unspecified atom stereocenters. The Morgan fingerprint density at radius 1 is 1.17 bits per heavy atom. The van der Waals surface area contributed by atoms with E-state index in [4.69, 9.17) is 14.6 Å². The second kappa shape index (κ2) is 9.27. The molecule has 0 saturated carbocycles. The number of ether oxygens (including phenoxy) is 2. The normalized spacial score (nSPS) is 14.4. The highest BCUT2D eigenvalue weighted by Crippen LogP contribution is 2.32. The number of nitrogens with one attached hydrogen (secondary N) is 1. The Kier molecular flexibility index (Phi) is 6.53. The van der Waals surface area contributed by atoms with Gasteiger partial charge in [0, 0.05) is 6.92 Å². The van der Waals surface area contributed by atoms with E-state index in [2.05, 4.69) is 10.3 Å².